The van der Waals surface area contributed by atoms with Gasteiger partial charge in [0, 0.05) is 19.3 Å². The molecule has 0 saturated carbocycles. The number of anilines is 1. The summed E-state index contributed by atoms with van der Waals surface area (Å²) in [4.78, 5) is 17.7. The highest BCUT2D eigenvalue weighted by molar-refractivity contribution is 5.94. The number of rotatable bonds is 2. The average molecular weight is 276 g/mol. The summed E-state index contributed by atoms with van der Waals surface area (Å²) in [5.41, 5.74) is 0.475. The minimum Gasteiger partial charge on any atom is -0.477 e. The molecular weight excluding hydrogens is 260 g/mol. The molecule has 0 aliphatic carbocycles. The van der Waals surface area contributed by atoms with E-state index in [1.807, 2.05) is 19.9 Å². The Morgan fingerprint density at radius 1 is 1.40 bits per heavy atom. The van der Waals surface area contributed by atoms with E-state index < -0.39 is 5.97 Å². The lowest BCUT2D eigenvalue weighted by Gasteiger charge is -2.36. The van der Waals surface area contributed by atoms with Crippen LogP contribution < -0.4 is 4.90 Å². The zero-order chi connectivity index (χ0) is 14.3. The Balaban J connectivity index is 1.99. The molecule has 2 atom stereocenters. The third kappa shape index (κ3) is 2.20. The van der Waals surface area contributed by atoms with Crippen molar-refractivity contribution in [1.29, 1.82) is 0 Å². The van der Waals surface area contributed by atoms with Crippen LogP contribution in [-0.2, 0) is 4.74 Å². The number of morpholine rings is 1. The molecule has 0 unspecified atom stereocenters. The number of carboxylic acids is 1. The normalized spacial score (nSPS) is 23.2. The summed E-state index contributed by atoms with van der Waals surface area (Å²) in [6.45, 7) is 5.51. The smallest absolute Gasteiger partial charge is 0.341 e. The Morgan fingerprint density at radius 2 is 2.10 bits per heavy atom. The summed E-state index contributed by atoms with van der Waals surface area (Å²) >= 11 is 0. The molecule has 0 radical (unpaired) electrons. The van der Waals surface area contributed by atoms with Crippen molar-refractivity contribution < 1.29 is 14.6 Å². The minimum atomic E-state index is -1.02. The monoisotopic (exact) mass is 276 g/mol. The van der Waals surface area contributed by atoms with E-state index in [-0.39, 0.29) is 17.8 Å². The van der Waals surface area contributed by atoms with Gasteiger partial charge in [0.05, 0.1) is 18.4 Å². The summed E-state index contributed by atoms with van der Waals surface area (Å²) in [5.74, 6) is -0.268. The maximum absolute atomic E-state index is 11.1. The lowest BCUT2D eigenvalue weighted by molar-refractivity contribution is -0.00545. The van der Waals surface area contributed by atoms with Crippen LogP contribution >= 0.6 is 0 Å². The van der Waals surface area contributed by atoms with Gasteiger partial charge in [0.25, 0.3) is 0 Å². The number of ether oxygens (including phenoxy) is 1. The lowest BCUT2D eigenvalue weighted by Crippen LogP contribution is -2.45. The van der Waals surface area contributed by atoms with Crippen molar-refractivity contribution in [2.45, 2.75) is 26.1 Å². The van der Waals surface area contributed by atoms with Crippen LogP contribution in [0.25, 0.3) is 5.65 Å². The number of hydrogen-bond acceptors (Lipinski definition) is 5. The van der Waals surface area contributed by atoms with Gasteiger partial charge in [-0.15, -0.1) is 0 Å². The first-order valence-corrected chi connectivity index (χ1v) is 6.52. The van der Waals surface area contributed by atoms with Crippen LogP contribution in [0.5, 0.6) is 0 Å². The van der Waals surface area contributed by atoms with E-state index in [4.69, 9.17) is 9.84 Å². The van der Waals surface area contributed by atoms with E-state index in [0.717, 1.165) is 18.9 Å². The maximum Gasteiger partial charge on any atom is 0.341 e. The second-order valence-corrected chi connectivity index (χ2v) is 5.08. The quantitative estimate of drug-likeness (QED) is 0.883. The first kappa shape index (κ1) is 12.9. The van der Waals surface area contributed by atoms with Crippen LogP contribution in [0.3, 0.4) is 0 Å². The molecule has 7 nitrogen and oxygen atoms in total. The van der Waals surface area contributed by atoms with Crippen molar-refractivity contribution in [1.82, 2.24) is 14.6 Å². The molecule has 0 bridgehead atoms. The van der Waals surface area contributed by atoms with Crippen LogP contribution in [0.4, 0.5) is 5.82 Å². The molecule has 3 rings (SSSR count). The fourth-order valence-electron chi connectivity index (χ4n) is 2.55. The highest BCUT2D eigenvalue weighted by atomic mass is 16.5. The maximum atomic E-state index is 11.1. The molecule has 1 N–H and O–H groups in total. The van der Waals surface area contributed by atoms with Gasteiger partial charge in [0.1, 0.15) is 11.4 Å². The number of aromatic nitrogens is 3. The third-order valence-corrected chi connectivity index (χ3v) is 3.33. The molecular formula is C13H16N4O3. The Morgan fingerprint density at radius 3 is 2.75 bits per heavy atom. The van der Waals surface area contributed by atoms with E-state index >= 15 is 0 Å². The molecule has 1 fully saturated rings. The molecule has 2 aromatic rings. The fourth-order valence-corrected chi connectivity index (χ4v) is 2.55. The molecule has 20 heavy (non-hydrogen) atoms. The first-order valence-electron chi connectivity index (χ1n) is 6.52. The van der Waals surface area contributed by atoms with Crippen LogP contribution in [0.2, 0.25) is 0 Å². The van der Waals surface area contributed by atoms with Crippen LogP contribution in [-0.4, -0.2) is 51.0 Å². The predicted octanol–water partition coefficient (Wildman–Crippen LogP) is 1.04. The molecule has 1 aliphatic rings. The fraction of sp³-hybridized carbons (Fsp3) is 0.462. The van der Waals surface area contributed by atoms with Crippen molar-refractivity contribution >= 4 is 17.4 Å². The van der Waals surface area contributed by atoms with Gasteiger partial charge in [-0.25, -0.2) is 14.3 Å². The molecule has 0 spiro atoms. The van der Waals surface area contributed by atoms with E-state index in [1.54, 1.807) is 6.20 Å². The summed E-state index contributed by atoms with van der Waals surface area (Å²) in [7, 11) is 0. The third-order valence-electron chi connectivity index (χ3n) is 3.33. The van der Waals surface area contributed by atoms with Crippen molar-refractivity contribution in [3.63, 3.8) is 0 Å². The molecule has 3 heterocycles. The van der Waals surface area contributed by atoms with Gasteiger partial charge < -0.3 is 14.7 Å². The Labute approximate surface area is 115 Å². The van der Waals surface area contributed by atoms with Crippen LogP contribution in [0, 0.1) is 0 Å². The van der Waals surface area contributed by atoms with Crippen molar-refractivity contribution in [2.75, 3.05) is 18.0 Å². The zero-order valence-electron chi connectivity index (χ0n) is 11.4. The molecule has 0 amide bonds. The van der Waals surface area contributed by atoms with Gasteiger partial charge in [-0.2, -0.15) is 5.10 Å². The molecule has 1 aliphatic heterocycles. The largest absolute Gasteiger partial charge is 0.477 e. The number of nitrogens with zero attached hydrogens (tertiary/aromatic N) is 4. The molecule has 1 saturated heterocycles. The van der Waals surface area contributed by atoms with Gasteiger partial charge in [-0.1, -0.05) is 0 Å². The number of carbonyl (C=O) groups is 1. The molecule has 7 heteroatoms. The van der Waals surface area contributed by atoms with Crippen LogP contribution in [0.15, 0.2) is 18.5 Å². The number of hydrogen-bond donors (Lipinski definition) is 1. The zero-order valence-corrected chi connectivity index (χ0v) is 11.4. The molecule has 0 aromatic carbocycles. The van der Waals surface area contributed by atoms with Gasteiger partial charge >= 0.3 is 5.97 Å². The predicted molar refractivity (Wildman–Crippen MR) is 72.2 cm³/mol. The Hall–Kier alpha value is -2.15. The number of fused-ring (bicyclic) bond motifs is 1. The minimum absolute atomic E-state index is 0.112. The van der Waals surface area contributed by atoms with Crippen molar-refractivity contribution in [3.05, 3.63) is 24.0 Å². The van der Waals surface area contributed by atoms with Gasteiger partial charge in [0.15, 0.2) is 5.65 Å². The van der Waals surface area contributed by atoms with E-state index in [2.05, 4.69) is 15.0 Å². The second kappa shape index (κ2) is 4.75. The summed E-state index contributed by atoms with van der Waals surface area (Å²) in [5, 5.41) is 13.1. The Kier molecular flexibility index (Phi) is 3.06. The first-order chi connectivity index (χ1) is 9.54. The molecule has 106 valence electrons. The van der Waals surface area contributed by atoms with E-state index in [9.17, 15) is 4.79 Å². The Bertz CT molecular complexity index is 644. The summed E-state index contributed by atoms with van der Waals surface area (Å²) < 4.78 is 7.16. The topological polar surface area (TPSA) is 80.0 Å². The lowest BCUT2D eigenvalue weighted by atomic mass is 10.2. The van der Waals surface area contributed by atoms with E-state index in [0.29, 0.717) is 5.65 Å². The number of carboxylic acid groups (broad SMARTS) is 1. The van der Waals surface area contributed by atoms with Gasteiger partial charge in [-0.05, 0) is 19.9 Å². The van der Waals surface area contributed by atoms with Gasteiger partial charge in [-0.3, -0.25) is 0 Å². The van der Waals surface area contributed by atoms with Crippen molar-refractivity contribution in [3.8, 4) is 0 Å². The number of aromatic carboxylic acids is 1. The second-order valence-electron chi connectivity index (χ2n) is 5.08. The van der Waals surface area contributed by atoms with Gasteiger partial charge in [0.2, 0.25) is 0 Å². The highest BCUT2D eigenvalue weighted by Crippen LogP contribution is 2.20. The summed E-state index contributed by atoms with van der Waals surface area (Å²) in [6.07, 6.45) is 3.30. The highest BCUT2D eigenvalue weighted by Gasteiger charge is 2.24. The summed E-state index contributed by atoms with van der Waals surface area (Å²) in [6, 6.07) is 1.84. The SMILES string of the molecule is C[C@H]1CN(c2ccn3ncc(C(=O)O)c3n2)C[C@H](C)O1. The van der Waals surface area contributed by atoms with E-state index in [1.165, 1.54) is 10.7 Å². The standard InChI is InChI=1S/C13H16N4O3/c1-8-6-16(7-9(2)20-8)11-3-4-17-12(15-11)10(5-14-17)13(18)19/h3-5,8-9H,6-7H2,1-2H3,(H,18,19)/t8-,9-/m0/s1. The van der Waals surface area contributed by atoms with Crippen LogP contribution in [0.1, 0.15) is 24.2 Å². The average Bonchev–Trinajstić information content (AvgIpc) is 2.80. The van der Waals surface area contributed by atoms with Crippen molar-refractivity contribution in [2.24, 2.45) is 0 Å². The molecule has 2 aromatic heterocycles.